The Hall–Kier alpha value is -4.25. The van der Waals surface area contributed by atoms with Crippen LogP contribution in [-0.4, -0.2) is 49.6 Å². The summed E-state index contributed by atoms with van der Waals surface area (Å²) in [5.41, 5.74) is 2.01. The summed E-state index contributed by atoms with van der Waals surface area (Å²) in [7, 11) is -1.16. The minimum Gasteiger partial charge on any atom is -0.493 e. The molecule has 0 aromatic heterocycles. The Labute approximate surface area is 239 Å². The third-order valence-electron chi connectivity index (χ3n) is 6.89. The molecule has 1 unspecified atom stereocenters. The van der Waals surface area contributed by atoms with Gasteiger partial charge in [0.15, 0.2) is 11.5 Å². The number of methoxy groups -OCH3 is 2. The number of hydrogen-bond acceptors (Lipinski definition) is 7. The molecule has 4 rings (SSSR count). The van der Waals surface area contributed by atoms with Crippen LogP contribution < -0.4 is 9.47 Å². The van der Waals surface area contributed by atoms with E-state index in [0.717, 1.165) is 11.1 Å². The van der Waals surface area contributed by atoms with Crippen LogP contribution >= 0.6 is 0 Å². The Morgan fingerprint density at radius 3 is 2.02 bits per heavy atom. The largest absolute Gasteiger partial charge is 0.493 e. The van der Waals surface area contributed by atoms with Crippen LogP contribution in [0.2, 0.25) is 0 Å². The lowest BCUT2D eigenvalue weighted by Gasteiger charge is -2.34. The molecule has 0 bridgehead atoms. The summed E-state index contributed by atoms with van der Waals surface area (Å²) in [6, 6.07) is 27.5. The van der Waals surface area contributed by atoms with Crippen molar-refractivity contribution in [2.45, 2.75) is 29.9 Å². The summed E-state index contributed by atoms with van der Waals surface area (Å²) in [4.78, 5) is 10.5. The van der Waals surface area contributed by atoms with Gasteiger partial charge in [-0.25, -0.2) is 8.42 Å². The maximum absolute atomic E-state index is 14.2. The van der Waals surface area contributed by atoms with Gasteiger partial charge in [0.25, 0.3) is 5.69 Å². The number of ether oxygens (including phenoxy) is 2. The predicted molar refractivity (Wildman–Crippen MR) is 156 cm³/mol. The van der Waals surface area contributed by atoms with Gasteiger partial charge in [-0.1, -0.05) is 66.7 Å². The van der Waals surface area contributed by atoms with Crippen LogP contribution in [0.3, 0.4) is 0 Å². The van der Waals surface area contributed by atoms with Crippen LogP contribution in [-0.2, 0) is 22.9 Å². The van der Waals surface area contributed by atoms with Crippen molar-refractivity contribution in [3.63, 3.8) is 0 Å². The van der Waals surface area contributed by atoms with E-state index >= 15 is 0 Å². The molecule has 0 fully saturated rings. The zero-order valence-electron chi connectivity index (χ0n) is 22.8. The van der Waals surface area contributed by atoms with Crippen molar-refractivity contribution >= 4 is 15.7 Å². The van der Waals surface area contributed by atoms with E-state index in [4.69, 9.17) is 9.47 Å². The average molecular weight is 577 g/mol. The third-order valence-corrected chi connectivity index (χ3v) is 8.82. The number of hydrogen-bond donors (Lipinski definition) is 1. The molecule has 0 aliphatic carbocycles. The molecule has 9 nitrogen and oxygen atoms in total. The molecule has 0 radical (unpaired) electrons. The van der Waals surface area contributed by atoms with Crippen molar-refractivity contribution in [3.05, 3.63) is 130 Å². The van der Waals surface area contributed by atoms with Crippen molar-refractivity contribution in [2.24, 2.45) is 0 Å². The van der Waals surface area contributed by atoms with E-state index in [9.17, 15) is 23.6 Å². The van der Waals surface area contributed by atoms with Crippen LogP contribution in [0.4, 0.5) is 5.69 Å². The molecule has 0 amide bonds. The number of aliphatic hydroxyl groups excluding tert-OH is 1. The second kappa shape index (κ2) is 13.4. The van der Waals surface area contributed by atoms with Crippen molar-refractivity contribution in [1.29, 1.82) is 0 Å². The van der Waals surface area contributed by atoms with Gasteiger partial charge in [0.2, 0.25) is 10.0 Å². The van der Waals surface area contributed by atoms with Gasteiger partial charge in [0.1, 0.15) is 0 Å². The zero-order chi connectivity index (χ0) is 29.4. The summed E-state index contributed by atoms with van der Waals surface area (Å²) in [6.07, 6.45) is -0.622. The summed E-state index contributed by atoms with van der Waals surface area (Å²) >= 11 is 0. The second-order valence-corrected chi connectivity index (χ2v) is 11.3. The fourth-order valence-electron chi connectivity index (χ4n) is 4.71. The smallest absolute Gasteiger partial charge is 0.269 e. The Morgan fingerprint density at radius 1 is 0.829 bits per heavy atom. The minimum absolute atomic E-state index is 0.0240. The van der Waals surface area contributed by atoms with Crippen LogP contribution in [0, 0.1) is 10.1 Å². The van der Waals surface area contributed by atoms with Gasteiger partial charge in [-0.2, -0.15) is 4.31 Å². The lowest BCUT2D eigenvalue weighted by molar-refractivity contribution is -0.384. The normalized spacial score (nSPS) is 13.0. The number of sulfonamides is 1. The first-order valence-electron chi connectivity index (χ1n) is 13.0. The van der Waals surface area contributed by atoms with Gasteiger partial charge in [-0.15, -0.1) is 0 Å². The van der Waals surface area contributed by atoms with Gasteiger partial charge in [0.05, 0.1) is 36.2 Å². The van der Waals surface area contributed by atoms with Gasteiger partial charge < -0.3 is 14.6 Å². The highest BCUT2D eigenvalue weighted by Crippen LogP contribution is 2.32. The molecule has 10 heteroatoms. The summed E-state index contributed by atoms with van der Waals surface area (Å²) < 4.78 is 40.5. The van der Waals surface area contributed by atoms with Crippen molar-refractivity contribution < 1.29 is 27.9 Å². The fraction of sp³-hybridized carbons (Fsp3) is 0.226. The topological polar surface area (TPSA) is 119 Å². The third kappa shape index (κ3) is 7.10. The highest BCUT2D eigenvalue weighted by molar-refractivity contribution is 7.89. The molecule has 0 spiro atoms. The molecule has 0 saturated carbocycles. The highest BCUT2D eigenvalue weighted by atomic mass is 32.2. The van der Waals surface area contributed by atoms with E-state index in [1.165, 1.54) is 42.8 Å². The Kier molecular flexibility index (Phi) is 9.72. The van der Waals surface area contributed by atoms with Crippen LogP contribution in [0.5, 0.6) is 11.5 Å². The first-order valence-corrected chi connectivity index (χ1v) is 14.4. The van der Waals surface area contributed by atoms with E-state index < -0.39 is 27.1 Å². The van der Waals surface area contributed by atoms with Crippen LogP contribution in [0.15, 0.2) is 108 Å². The molecular weight excluding hydrogens is 544 g/mol. The van der Waals surface area contributed by atoms with E-state index in [1.807, 2.05) is 42.5 Å². The number of nitrogens with zero attached hydrogens (tertiary/aromatic N) is 2. The number of non-ortho nitro benzene ring substituents is 1. The van der Waals surface area contributed by atoms with Gasteiger partial charge in [0, 0.05) is 18.7 Å². The first kappa shape index (κ1) is 29.7. The Morgan fingerprint density at radius 2 is 1.44 bits per heavy atom. The maximum Gasteiger partial charge on any atom is 0.269 e. The molecule has 4 aromatic rings. The molecule has 2 atom stereocenters. The SMILES string of the molecule is COc1ccc(CCN([C@@H](Cc2ccccc2)C(O)c2ccccc2)S(=O)(=O)c2ccc([N+](=O)[O-])cc2)cc1OC. The number of rotatable bonds is 13. The van der Waals surface area contributed by atoms with Crippen molar-refractivity contribution in [1.82, 2.24) is 4.31 Å². The highest BCUT2D eigenvalue weighted by Gasteiger charge is 2.36. The lowest BCUT2D eigenvalue weighted by atomic mass is 9.95. The van der Waals surface area contributed by atoms with E-state index in [0.29, 0.717) is 23.5 Å². The van der Waals surface area contributed by atoms with E-state index in [1.54, 1.807) is 36.4 Å². The average Bonchev–Trinajstić information content (AvgIpc) is 3.01. The summed E-state index contributed by atoms with van der Waals surface area (Å²) in [5, 5.41) is 22.9. The van der Waals surface area contributed by atoms with Crippen LogP contribution in [0.1, 0.15) is 22.8 Å². The Bertz CT molecular complexity index is 1550. The van der Waals surface area contributed by atoms with Crippen molar-refractivity contribution in [3.8, 4) is 11.5 Å². The van der Waals surface area contributed by atoms with Gasteiger partial charge >= 0.3 is 0 Å². The van der Waals surface area contributed by atoms with Crippen molar-refractivity contribution in [2.75, 3.05) is 20.8 Å². The summed E-state index contributed by atoms with van der Waals surface area (Å²) in [6.45, 7) is 0.0240. The fourth-order valence-corrected chi connectivity index (χ4v) is 6.34. The second-order valence-electron chi connectivity index (χ2n) is 9.42. The lowest BCUT2D eigenvalue weighted by Crippen LogP contribution is -2.46. The predicted octanol–water partition coefficient (Wildman–Crippen LogP) is 5.19. The molecule has 4 aromatic carbocycles. The molecule has 214 valence electrons. The minimum atomic E-state index is -4.22. The zero-order valence-corrected chi connectivity index (χ0v) is 23.6. The maximum atomic E-state index is 14.2. The monoisotopic (exact) mass is 576 g/mol. The summed E-state index contributed by atoms with van der Waals surface area (Å²) in [5.74, 6) is 1.06. The standard InChI is InChI=1S/C31H32N2O7S/c1-39-29-18-13-24(22-30(29)40-2)19-20-32(41(37,38)27-16-14-26(15-17-27)33(35)36)28(21-23-9-5-3-6-10-23)31(34)25-11-7-4-8-12-25/h3-18,22,28,31,34H,19-21H2,1-2H3/t28-,31?/m0/s1. The molecule has 41 heavy (non-hydrogen) atoms. The van der Waals surface area contributed by atoms with Gasteiger partial charge in [-0.3, -0.25) is 10.1 Å². The van der Waals surface area contributed by atoms with Gasteiger partial charge in [-0.05, 0) is 53.8 Å². The molecular formula is C31H32N2O7S. The van der Waals surface area contributed by atoms with E-state index in [2.05, 4.69) is 0 Å². The molecule has 0 aliphatic heterocycles. The quantitative estimate of drug-likeness (QED) is 0.172. The first-order chi connectivity index (χ1) is 19.7. The molecule has 0 saturated heterocycles. The Balaban J connectivity index is 1.79. The number of nitro benzene ring substituents is 1. The molecule has 1 N–H and O–H groups in total. The number of benzene rings is 4. The van der Waals surface area contributed by atoms with Crippen LogP contribution in [0.25, 0.3) is 0 Å². The number of nitro groups is 1. The number of aliphatic hydroxyl groups is 1. The molecule has 0 heterocycles. The van der Waals surface area contributed by atoms with E-state index in [-0.39, 0.29) is 23.5 Å². The molecule has 0 aliphatic rings.